The Morgan fingerprint density at radius 3 is 2.39 bits per heavy atom. The molecule has 1 aromatic carbocycles. The van der Waals surface area contributed by atoms with Crippen LogP contribution >= 0.6 is 11.6 Å². The van der Waals surface area contributed by atoms with Crippen LogP contribution in [0.2, 0.25) is 5.02 Å². The zero-order chi connectivity index (χ0) is 21.5. The standard InChI is InChI=1S/C20H27ClN2O5/c1-7-17(24)23-15(11-13-8-9-16(27-5)14(21)10-13)18(25)22-12(2)20(3,4)19(26)28-6/h7-10,12,15H,1,11H2,2-6H3,(H,22,25)(H,23,24)/t12-,15?/m0/s1. The Balaban J connectivity index is 3.01. The average molecular weight is 411 g/mol. The van der Waals surface area contributed by atoms with Crippen LogP contribution in [-0.4, -0.2) is 44.1 Å². The normalized spacial score (nSPS) is 13.1. The maximum absolute atomic E-state index is 12.8. The molecule has 2 N–H and O–H groups in total. The van der Waals surface area contributed by atoms with Gasteiger partial charge in [0.2, 0.25) is 11.8 Å². The summed E-state index contributed by atoms with van der Waals surface area (Å²) in [6, 6.07) is 3.70. The Hall–Kier alpha value is -2.54. The van der Waals surface area contributed by atoms with Crippen molar-refractivity contribution in [3.8, 4) is 5.75 Å². The van der Waals surface area contributed by atoms with Crippen LogP contribution < -0.4 is 15.4 Å². The van der Waals surface area contributed by atoms with E-state index < -0.39 is 35.3 Å². The fourth-order valence-corrected chi connectivity index (χ4v) is 2.73. The zero-order valence-corrected chi connectivity index (χ0v) is 17.6. The van der Waals surface area contributed by atoms with Crippen LogP contribution in [-0.2, 0) is 25.5 Å². The van der Waals surface area contributed by atoms with Crippen LogP contribution in [0, 0.1) is 5.41 Å². The fraction of sp³-hybridized carbons (Fsp3) is 0.450. The smallest absolute Gasteiger partial charge is 0.313 e. The number of amides is 2. The third kappa shape index (κ3) is 5.99. The van der Waals surface area contributed by atoms with Crippen molar-refractivity contribution in [1.82, 2.24) is 10.6 Å². The number of esters is 1. The van der Waals surface area contributed by atoms with E-state index in [0.717, 1.165) is 11.6 Å². The average Bonchev–Trinajstić information content (AvgIpc) is 2.66. The number of methoxy groups -OCH3 is 2. The number of ether oxygens (including phenoxy) is 2. The summed E-state index contributed by atoms with van der Waals surface area (Å²) >= 11 is 6.14. The number of carbonyl (C=O) groups is 3. The summed E-state index contributed by atoms with van der Waals surface area (Å²) in [5.41, 5.74) is -0.212. The molecule has 0 heterocycles. The van der Waals surface area contributed by atoms with Gasteiger partial charge in [0.1, 0.15) is 11.8 Å². The van der Waals surface area contributed by atoms with Gasteiger partial charge in [-0.3, -0.25) is 14.4 Å². The molecule has 154 valence electrons. The number of hydrogen-bond donors (Lipinski definition) is 2. The van der Waals surface area contributed by atoms with E-state index in [4.69, 9.17) is 21.1 Å². The lowest BCUT2D eigenvalue weighted by molar-refractivity contribution is -0.152. The summed E-state index contributed by atoms with van der Waals surface area (Å²) in [6.07, 6.45) is 1.28. The Labute approximate surface area is 170 Å². The highest BCUT2D eigenvalue weighted by Gasteiger charge is 2.37. The van der Waals surface area contributed by atoms with Gasteiger partial charge in [0.25, 0.3) is 0 Å². The van der Waals surface area contributed by atoms with Gasteiger partial charge in [-0.2, -0.15) is 0 Å². The molecule has 0 bridgehead atoms. The van der Waals surface area contributed by atoms with Gasteiger partial charge >= 0.3 is 5.97 Å². The lowest BCUT2D eigenvalue weighted by Gasteiger charge is -2.31. The lowest BCUT2D eigenvalue weighted by Crippen LogP contribution is -2.54. The van der Waals surface area contributed by atoms with E-state index in [1.54, 1.807) is 39.0 Å². The SMILES string of the molecule is C=CC(=O)NC(Cc1ccc(OC)c(Cl)c1)C(=O)N[C@@H](C)C(C)(C)C(=O)OC. The lowest BCUT2D eigenvalue weighted by atomic mass is 9.85. The van der Waals surface area contributed by atoms with E-state index in [-0.39, 0.29) is 6.42 Å². The topological polar surface area (TPSA) is 93.7 Å². The van der Waals surface area contributed by atoms with Gasteiger partial charge in [0.05, 0.1) is 24.7 Å². The molecule has 0 fully saturated rings. The Bertz CT molecular complexity index is 748. The minimum absolute atomic E-state index is 0.195. The van der Waals surface area contributed by atoms with Gasteiger partial charge < -0.3 is 20.1 Å². The van der Waals surface area contributed by atoms with Gasteiger partial charge in [0, 0.05) is 12.5 Å². The number of hydrogen-bond acceptors (Lipinski definition) is 5. The number of nitrogens with one attached hydrogen (secondary N) is 2. The molecule has 0 saturated heterocycles. The highest BCUT2D eigenvalue weighted by molar-refractivity contribution is 6.32. The van der Waals surface area contributed by atoms with Crippen molar-refractivity contribution < 1.29 is 23.9 Å². The van der Waals surface area contributed by atoms with Crippen LogP contribution in [0.3, 0.4) is 0 Å². The van der Waals surface area contributed by atoms with Gasteiger partial charge in [-0.15, -0.1) is 0 Å². The largest absolute Gasteiger partial charge is 0.495 e. The van der Waals surface area contributed by atoms with Crippen molar-refractivity contribution in [3.05, 3.63) is 41.4 Å². The third-order valence-electron chi connectivity index (χ3n) is 4.63. The summed E-state index contributed by atoms with van der Waals surface area (Å²) in [6.45, 7) is 8.45. The maximum Gasteiger partial charge on any atom is 0.313 e. The zero-order valence-electron chi connectivity index (χ0n) is 16.8. The van der Waals surface area contributed by atoms with Crippen LogP contribution in [0.15, 0.2) is 30.9 Å². The summed E-state index contributed by atoms with van der Waals surface area (Å²) in [5.74, 6) is -0.866. The quantitative estimate of drug-likeness (QED) is 0.481. The highest BCUT2D eigenvalue weighted by atomic mass is 35.5. The van der Waals surface area contributed by atoms with Crippen molar-refractivity contribution in [3.63, 3.8) is 0 Å². The first kappa shape index (κ1) is 23.5. The van der Waals surface area contributed by atoms with Crippen LogP contribution in [0.25, 0.3) is 0 Å². The Morgan fingerprint density at radius 1 is 1.25 bits per heavy atom. The second-order valence-electron chi connectivity index (χ2n) is 6.88. The molecule has 1 aromatic rings. The molecule has 7 nitrogen and oxygen atoms in total. The molecule has 2 atom stereocenters. The molecule has 0 aromatic heterocycles. The summed E-state index contributed by atoms with van der Waals surface area (Å²) in [7, 11) is 2.80. The molecule has 0 aliphatic heterocycles. The predicted molar refractivity (Wildman–Crippen MR) is 107 cm³/mol. The Kier molecular flexibility index (Phi) is 8.50. The number of benzene rings is 1. The van der Waals surface area contributed by atoms with E-state index in [1.165, 1.54) is 14.2 Å². The third-order valence-corrected chi connectivity index (χ3v) is 4.92. The summed E-state index contributed by atoms with van der Waals surface area (Å²) in [5, 5.41) is 5.78. The molecular weight excluding hydrogens is 384 g/mol. The second kappa shape index (κ2) is 10.1. The molecule has 0 aliphatic rings. The van der Waals surface area contributed by atoms with Gasteiger partial charge in [-0.05, 0) is 44.5 Å². The molecule has 0 spiro atoms. The Morgan fingerprint density at radius 2 is 1.89 bits per heavy atom. The number of rotatable bonds is 9. The molecule has 0 saturated carbocycles. The van der Waals surface area contributed by atoms with Crippen molar-refractivity contribution in [1.29, 1.82) is 0 Å². The number of halogens is 1. The van der Waals surface area contributed by atoms with E-state index in [2.05, 4.69) is 17.2 Å². The predicted octanol–water partition coefficient (Wildman–Crippen LogP) is 2.27. The van der Waals surface area contributed by atoms with Crippen LogP contribution in [0.1, 0.15) is 26.3 Å². The van der Waals surface area contributed by atoms with Gasteiger partial charge in [-0.25, -0.2) is 0 Å². The molecule has 0 aliphatic carbocycles. The van der Waals surface area contributed by atoms with Crippen molar-refractivity contribution in [2.45, 2.75) is 39.3 Å². The van der Waals surface area contributed by atoms with Crippen molar-refractivity contribution >= 4 is 29.4 Å². The first-order valence-corrected chi connectivity index (χ1v) is 9.08. The molecule has 0 radical (unpaired) electrons. The second-order valence-corrected chi connectivity index (χ2v) is 7.29. The van der Waals surface area contributed by atoms with E-state index in [0.29, 0.717) is 10.8 Å². The fourth-order valence-electron chi connectivity index (χ4n) is 2.45. The van der Waals surface area contributed by atoms with Crippen LogP contribution in [0.5, 0.6) is 5.75 Å². The molecule has 2 amide bonds. The summed E-state index contributed by atoms with van der Waals surface area (Å²) in [4.78, 5) is 36.6. The molecule has 1 unspecified atom stereocenters. The molecule has 1 rings (SSSR count). The number of carbonyl (C=O) groups excluding carboxylic acids is 3. The first-order chi connectivity index (χ1) is 13.1. The molecule has 28 heavy (non-hydrogen) atoms. The molecule has 8 heteroatoms. The van der Waals surface area contributed by atoms with E-state index >= 15 is 0 Å². The minimum atomic E-state index is -0.944. The van der Waals surface area contributed by atoms with Crippen molar-refractivity contribution in [2.75, 3.05) is 14.2 Å². The van der Waals surface area contributed by atoms with Gasteiger partial charge in [-0.1, -0.05) is 24.2 Å². The van der Waals surface area contributed by atoms with Gasteiger partial charge in [0.15, 0.2) is 0 Å². The minimum Gasteiger partial charge on any atom is -0.495 e. The monoisotopic (exact) mass is 410 g/mol. The molecular formula is C20H27ClN2O5. The van der Waals surface area contributed by atoms with Crippen LogP contribution in [0.4, 0.5) is 0 Å². The van der Waals surface area contributed by atoms with E-state index in [9.17, 15) is 14.4 Å². The summed E-state index contributed by atoms with van der Waals surface area (Å²) < 4.78 is 9.91. The first-order valence-electron chi connectivity index (χ1n) is 8.70. The van der Waals surface area contributed by atoms with Crippen molar-refractivity contribution in [2.24, 2.45) is 5.41 Å². The van der Waals surface area contributed by atoms with E-state index in [1.807, 2.05) is 0 Å². The maximum atomic E-state index is 12.8. The highest BCUT2D eigenvalue weighted by Crippen LogP contribution is 2.26.